The molecule has 27 heavy (non-hydrogen) atoms. The molecule has 0 bridgehead atoms. The van der Waals surface area contributed by atoms with Crippen LogP contribution in [0.3, 0.4) is 0 Å². The summed E-state index contributed by atoms with van der Waals surface area (Å²) in [5.74, 6) is 1.37. The summed E-state index contributed by atoms with van der Waals surface area (Å²) in [6, 6.07) is 13.2. The number of aldehydes is 1. The van der Waals surface area contributed by atoms with Crippen molar-refractivity contribution >= 4 is 23.5 Å². The molecule has 2 aromatic rings. The van der Waals surface area contributed by atoms with Gasteiger partial charge >= 0.3 is 0 Å². The van der Waals surface area contributed by atoms with Gasteiger partial charge in [0.25, 0.3) is 5.91 Å². The number of anilines is 1. The Morgan fingerprint density at radius 3 is 2.63 bits per heavy atom. The van der Waals surface area contributed by atoms with E-state index < -0.39 is 0 Å². The number of aryl methyl sites for hydroxylation is 1. The lowest BCUT2D eigenvalue weighted by Gasteiger charge is -2.19. The summed E-state index contributed by atoms with van der Waals surface area (Å²) >= 11 is 0. The zero-order valence-corrected chi connectivity index (χ0v) is 15.5. The van der Waals surface area contributed by atoms with Crippen molar-refractivity contribution in [1.29, 1.82) is 0 Å². The third-order valence-electron chi connectivity index (χ3n) is 5.35. The highest BCUT2D eigenvalue weighted by atomic mass is 16.5. The van der Waals surface area contributed by atoms with E-state index in [-0.39, 0.29) is 5.91 Å². The minimum absolute atomic E-state index is 0.139. The molecule has 0 spiro atoms. The van der Waals surface area contributed by atoms with Gasteiger partial charge < -0.3 is 10.1 Å². The van der Waals surface area contributed by atoms with Crippen LogP contribution in [0.15, 0.2) is 48.0 Å². The van der Waals surface area contributed by atoms with Crippen molar-refractivity contribution in [3.8, 4) is 5.75 Å². The van der Waals surface area contributed by atoms with Crippen LogP contribution in [-0.4, -0.2) is 18.8 Å². The topological polar surface area (TPSA) is 55.4 Å². The maximum Gasteiger partial charge on any atom is 0.255 e. The fourth-order valence-corrected chi connectivity index (χ4v) is 3.43. The number of carbonyl (C=O) groups is 2. The van der Waals surface area contributed by atoms with Crippen molar-refractivity contribution in [3.05, 3.63) is 64.7 Å². The Morgan fingerprint density at radius 2 is 1.93 bits per heavy atom. The van der Waals surface area contributed by atoms with Crippen molar-refractivity contribution < 1.29 is 14.3 Å². The molecule has 0 atom stereocenters. The number of ether oxygens (including phenoxy) is 1. The number of amides is 1. The SMILES string of the molecule is CC1=C(C=O)CCc2cc(NC(=O)c3ccc(OCC4CC4)cc3)ccc21. The number of carbonyl (C=O) groups excluding carboxylic acids is 2. The van der Waals surface area contributed by atoms with Gasteiger partial charge in [-0.3, -0.25) is 9.59 Å². The van der Waals surface area contributed by atoms with Crippen LogP contribution in [-0.2, 0) is 11.2 Å². The molecule has 1 amide bonds. The van der Waals surface area contributed by atoms with Crippen molar-refractivity contribution in [2.24, 2.45) is 5.92 Å². The van der Waals surface area contributed by atoms with Gasteiger partial charge in [-0.15, -0.1) is 0 Å². The smallest absolute Gasteiger partial charge is 0.255 e. The lowest BCUT2D eigenvalue weighted by atomic mass is 9.86. The summed E-state index contributed by atoms with van der Waals surface area (Å²) in [6.07, 6.45) is 5.03. The second-order valence-electron chi connectivity index (χ2n) is 7.37. The second-order valence-corrected chi connectivity index (χ2v) is 7.37. The van der Waals surface area contributed by atoms with Gasteiger partial charge in [0.1, 0.15) is 12.0 Å². The molecule has 4 nitrogen and oxygen atoms in total. The van der Waals surface area contributed by atoms with E-state index in [0.717, 1.165) is 53.9 Å². The zero-order valence-electron chi connectivity index (χ0n) is 15.5. The van der Waals surface area contributed by atoms with Crippen molar-refractivity contribution in [1.82, 2.24) is 0 Å². The summed E-state index contributed by atoms with van der Waals surface area (Å²) < 4.78 is 5.71. The molecular formula is C23H23NO3. The highest BCUT2D eigenvalue weighted by Crippen LogP contribution is 2.32. The summed E-state index contributed by atoms with van der Waals surface area (Å²) in [7, 11) is 0. The first kappa shape index (κ1) is 17.5. The van der Waals surface area contributed by atoms with Gasteiger partial charge in [-0.25, -0.2) is 0 Å². The number of hydrogen-bond acceptors (Lipinski definition) is 3. The number of benzene rings is 2. The minimum Gasteiger partial charge on any atom is -0.493 e. The van der Waals surface area contributed by atoms with Crippen LogP contribution in [0.1, 0.15) is 47.7 Å². The van der Waals surface area contributed by atoms with Crippen LogP contribution in [0, 0.1) is 5.92 Å². The van der Waals surface area contributed by atoms with Crippen molar-refractivity contribution in [3.63, 3.8) is 0 Å². The molecule has 0 saturated heterocycles. The van der Waals surface area contributed by atoms with E-state index in [1.54, 1.807) is 12.1 Å². The van der Waals surface area contributed by atoms with E-state index in [1.165, 1.54) is 18.4 Å². The second kappa shape index (κ2) is 7.39. The first-order valence-corrected chi connectivity index (χ1v) is 9.46. The lowest BCUT2D eigenvalue weighted by molar-refractivity contribution is -0.105. The van der Waals surface area contributed by atoms with Gasteiger partial charge in [0.2, 0.25) is 0 Å². The maximum absolute atomic E-state index is 12.5. The average Bonchev–Trinajstić information content (AvgIpc) is 3.51. The standard InChI is InChI=1S/C23H23NO3/c1-15-19(13-25)5-4-18-12-20(8-11-22(15)18)24-23(26)17-6-9-21(10-7-17)27-14-16-2-3-16/h6-13,16H,2-5,14H2,1H3,(H,24,26). The van der Waals surface area contributed by atoms with E-state index >= 15 is 0 Å². The highest BCUT2D eigenvalue weighted by Gasteiger charge is 2.22. The van der Waals surface area contributed by atoms with Gasteiger partial charge in [0, 0.05) is 11.3 Å². The number of allylic oxidation sites excluding steroid dienone is 2. The third kappa shape index (κ3) is 3.95. The number of fused-ring (bicyclic) bond motifs is 1. The number of rotatable bonds is 6. The largest absolute Gasteiger partial charge is 0.493 e. The maximum atomic E-state index is 12.5. The predicted octanol–water partition coefficient (Wildman–Crippen LogP) is 4.65. The molecule has 0 aromatic heterocycles. The van der Waals surface area contributed by atoms with Crippen LogP contribution in [0.25, 0.3) is 5.57 Å². The molecule has 2 aromatic carbocycles. The number of nitrogens with one attached hydrogen (secondary N) is 1. The van der Waals surface area contributed by atoms with Crippen LogP contribution in [0.4, 0.5) is 5.69 Å². The Labute approximate surface area is 159 Å². The van der Waals surface area contributed by atoms with E-state index in [1.807, 2.05) is 37.3 Å². The summed E-state index contributed by atoms with van der Waals surface area (Å²) in [5, 5.41) is 2.96. The molecule has 4 rings (SSSR count). The quantitative estimate of drug-likeness (QED) is 0.762. The van der Waals surface area contributed by atoms with Crippen LogP contribution in [0.5, 0.6) is 5.75 Å². The Bertz CT molecular complexity index is 908. The Morgan fingerprint density at radius 1 is 1.15 bits per heavy atom. The predicted molar refractivity (Wildman–Crippen MR) is 106 cm³/mol. The highest BCUT2D eigenvalue weighted by molar-refractivity contribution is 6.04. The van der Waals surface area contributed by atoms with Gasteiger partial charge in [-0.05, 0) is 97.2 Å². The van der Waals surface area contributed by atoms with E-state index in [4.69, 9.17) is 4.74 Å². The summed E-state index contributed by atoms with van der Waals surface area (Å²) in [6.45, 7) is 2.74. The Balaban J connectivity index is 1.43. The Kier molecular flexibility index (Phi) is 4.80. The Hall–Kier alpha value is -2.88. The fourth-order valence-electron chi connectivity index (χ4n) is 3.43. The normalized spacial score (nSPS) is 15.9. The van der Waals surface area contributed by atoms with Gasteiger partial charge in [-0.1, -0.05) is 6.07 Å². The molecule has 1 saturated carbocycles. The summed E-state index contributed by atoms with van der Waals surface area (Å²) in [4.78, 5) is 23.7. The molecular weight excluding hydrogens is 338 g/mol. The first-order valence-electron chi connectivity index (χ1n) is 9.46. The van der Waals surface area contributed by atoms with Crippen LogP contribution < -0.4 is 10.1 Å². The third-order valence-corrected chi connectivity index (χ3v) is 5.35. The zero-order chi connectivity index (χ0) is 18.8. The molecule has 0 unspecified atom stereocenters. The van der Waals surface area contributed by atoms with E-state index in [9.17, 15) is 9.59 Å². The van der Waals surface area contributed by atoms with Crippen LogP contribution in [0.2, 0.25) is 0 Å². The van der Waals surface area contributed by atoms with Crippen LogP contribution >= 0.6 is 0 Å². The van der Waals surface area contributed by atoms with E-state index in [0.29, 0.717) is 11.5 Å². The lowest BCUT2D eigenvalue weighted by Crippen LogP contribution is -2.13. The van der Waals surface area contributed by atoms with Gasteiger partial charge in [0.15, 0.2) is 0 Å². The molecule has 2 aliphatic carbocycles. The molecule has 1 N–H and O–H groups in total. The molecule has 0 heterocycles. The molecule has 2 aliphatic rings. The van der Waals surface area contributed by atoms with Crippen molar-refractivity contribution in [2.45, 2.75) is 32.6 Å². The molecule has 4 heteroatoms. The molecule has 138 valence electrons. The minimum atomic E-state index is -0.139. The molecule has 1 fully saturated rings. The summed E-state index contributed by atoms with van der Waals surface area (Å²) in [5.41, 5.74) is 5.54. The molecule has 0 aliphatic heterocycles. The first-order chi connectivity index (χ1) is 13.1. The van der Waals surface area contributed by atoms with Crippen molar-refractivity contribution in [2.75, 3.05) is 11.9 Å². The average molecular weight is 361 g/mol. The van der Waals surface area contributed by atoms with Gasteiger partial charge in [-0.2, -0.15) is 0 Å². The fraction of sp³-hybridized carbons (Fsp3) is 0.304. The van der Waals surface area contributed by atoms with Gasteiger partial charge in [0.05, 0.1) is 6.61 Å². The van der Waals surface area contributed by atoms with E-state index in [2.05, 4.69) is 5.32 Å². The molecule has 0 radical (unpaired) electrons. The number of hydrogen-bond donors (Lipinski definition) is 1. The monoisotopic (exact) mass is 361 g/mol.